The van der Waals surface area contributed by atoms with E-state index in [4.69, 9.17) is 0 Å². The molecular formula is C25H27N5O2. The van der Waals surface area contributed by atoms with Crippen LogP contribution in [0.1, 0.15) is 30.3 Å². The van der Waals surface area contributed by atoms with Crippen LogP contribution in [0.5, 0.6) is 0 Å². The van der Waals surface area contributed by atoms with Gasteiger partial charge in [0.2, 0.25) is 5.91 Å². The van der Waals surface area contributed by atoms with Crippen LogP contribution < -0.4 is 10.9 Å². The van der Waals surface area contributed by atoms with Gasteiger partial charge in [-0.25, -0.2) is 9.36 Å². The summed E-state index contributed by atoms with van der Waals surface area (Å²) in [5.74, 6) is -0.230. The lowest BCUT2D eigenvalue weighted by Crippen LogP contribution is -2.38. The predicted molar refractivity (Wildman–Crippen MR) is 125 cm³/mol. The van der Waals surface area contributed by atoms with Crippen molar-refractivity contribution in [2.45, 2.75) is 46.2 Å². The van der Waals surface area contributed by atoms with Crippen LogP contribution in [-0.4, -0.2) is 31.5 Å². The maximum atomic E-state index is 13.1. The van der Waals surface area contributed by atoms with Gasteiger partial charge in [-0.2, -0.15) is 10.2 Å². The number of amides is 1. The number of aromatic nitrogens is 4. The fourth-order valence-electron chi connectivity index (χ4n) is 3.90. The van der Waals surface area contributed by atoms with Crippen molar-refractivity contribution in [1.29, 1.82) is 0 Å². The molecule has 7 heteroatoms. The van der Waals surface area contributed by atoms with Gasteiger partial charge in [0.05, 0.1) is 22.5 Å². The zero-order valence-corrected chi connectivity index (χ0v) is 18.6. The van der Waals surface area contributed by atoms with Gasteiger partial charge in [-0.3, -0.25) is 9.59 Å². The molecule has 1 amide bonds. The third-order valence-electron chi connectivity index (χ3n) is 5.59. The molecule has 0 bridgehead atoms. The highest BCUT2D eigenvalue weighted by molar-refractivity contribution is 5.83. The van der Waals surface area contributed by atoms with Gasteiger partial charge >= 0.3 is 0 Å². The highest BCUT2D eigenvalue weighted by Gasteiger charge is 2.19. The summed E-state index contributed by atoms with van der Waals surface area (Å²) in [6, 6.07) is 19.8. The Balaban J connectivity index is 1.52. The van der Waals surface area contributed by atoms with Crippen LogP contribution in [0.3, 0.4) is 0 Å². The fourth-order valence-corrected chi connectivity index (χ4v) is 3.90. The molecule has 0 fully saturated rings. The van der Waals surface area contributed by atoms with E-state index in [0.29, 0.717) is 16.6 Å². The van der Waals surface area contributed by atoms with E-state index in [-0.39, 0.29) is 24.1 Å². The topological polar surface area (TPSA) is 81.8 Å². The number of fused-ring (bicyclic) bond motifs is 1. The molecule has 1 N–H and O–H groups in total. The van der Waals surface area contributed by atoms with Gasteiger partial charge in [0.15, 0.2) is 0 Å². The molecule has 2 heterocycles. The molecule has 0 aliphatic heterocycles. The van der Waals surface area contributed by atoms with Crippen molar-refractivity contribution in [3.63, 3.8) is 0 Å². The number of para-hydroxylation sites is 1. The van der Waals surface area contributed by atoms with E-state index < -0.39 is 0 Å². The van der Waals surface area contributed by atoms with Crippen molar-refractivity contribution in [2.24, 2.45) is 0 Å². The number of nitrogens with zero attached hydrogens (tertiary/aromatic N) is 4. The quantitative estimate of drug-likeness (QED) is 0.489. The maximum Gasteiger partial charge on any atom is 0.278 e. The molecule has 7 nitrogen and oxygen atoms in total. The first-order valence-corrected chi connectivity index (χ1v) is 10.8. The number of carbonyl (C=O) groups excluding carboxylic acids is 1. The summed E-state index contributed by atoms with van der Waals surface area (Å²) >= 11 is 0. The Hall–Kier alpha value is -3.74. The minimum atomic E-state index is -0.308. The lowest BCUT2D eigenvalue weighted by molar-refractivity contribution is -0.122. The van der Waals surface area contributed by atoms with Crippen molar-refractivity contribution in [3.05, 3.63) is 88.0 Å². The van der Waals surface area contributed by atoms with E-state index in [2.05, 4.69) is 27.6 Å². The summed E-state index contributed by atoms with van der Waals surface area (Å²) in [6.45, 7) is 5.51. The van der Waals surface area contributed by atoms with Crippen molar-refractivity contribution in [3.8, 4) is 5.69 Å². The molecule has 2 aromatic heterocycles. The van der Waals surface area contributed by atoms with Crippen LogP contribution >= 0.6 is 0 Å². The number of aryl methyl sites for hydroxylation is 3. The van der Waals surface area contributed by atoms with Crippen LogP contribution in [0, 0.1) is 13.8 Å². The zero-order chi connectivity index (χ0) is 22.7. The summed E-state index contributed by atoms with van der Waals surface area (Å²) in [5, 5.41) is 12.4. The van der Waals surface area contributed by atoms with Crippen molar-refractivity contribution in [1.82, 2.24) is 24.9 Å². The molecule has 0 saturated carbocycles. The minimum Gasteiger partial charge on any atom is -0.352 e. The molecule has 4 rings (SSSR count). The number of benzene rings is 2. The average Bonchev–Trinajstić information content (AvgIpc) is 3.15. The van der Waals surface area contributed by atoms with Crippen molar-refractivity contribution in [2.75, 3.05) is 0 Å². The highest BCUT2D eigenvalue weighted by Crippen LogP contribution is 2.19. The minimum absolute atomic E-state index is 0.00852. The Morgan fingerprint density at radius 1 is 1.00 bits per heavy atom. The van der Waals surface area contributed by atoms with Gasteiger partial charge in [0.1, 0.15) is 12.1 Å². The van der Waals surface area contributed by atoms with E-state index in [1.54, 1.807) is 11.6 Å². The average molecular weight is 430 g/mol. The Labute approximate surface area is 186 Å². The van der Waals surface area contributed by atoms with E-state index in [1.165, 1.54) is 10.2 Å². The van der Waals surface area contributed by atoms with E-state index in [0.717, 1.165) is 24.2 Å². The van der Waals surface area contributed by atoms with E-state index >= 15 is 0 Å². The first-order valence-electron chi connectivity index (χ1n) is 10.8. The summed E-state index contributed by atoms with van der Waals surface area (Å²) in [5.41, 5.74) is 3.70. The van der Waals surface area contributed by atoms with Gasteiger partial charge in [-0.1, -0.05) is 48.5 Å². The molecule has 0 aliphatic rings. The normalized spacial score (nSPS) is 12.1. The Kier molecular flexibility index (Phi) is 6.16. The van der Waals surface area contributed by atoms with Crippen LogP contribution in [-0.2, 0) is 17.8 Å². The number of hydrogen-bond donors (Lipinski definition) is 1. The predicted octanol–water partition coefficient (Wildman–Crippen LogP) is 3.34. The first-order chi connectivity index (χ1) is 15.4. The standard InChI is InChI=1S/C25H27N5O2/c1-17(14-15-20-10-6-4-7-11-20)26-22(31)16-29-25(32)23-19(3)30(21-12-8-5-9-13-21)28-24(23)18(2)27-29/h4-13,17H,14-16H2,1-3H3,(H,26,31)/t17-/m1/s1. The Bertz CT molecular complexity index is 1290. The first kappa shape index (κ1) is 21.5. The zero-order valence-electron chi connectivity index (χ0n) is 18.6. The van der Waals surface area contributed by atoms with Crippen LogP contribution in [0.2, 0.25) is 0 Å². The number of nitrogens with one attached hydrogen (secondary N) is 1. The van der Waals surface area contributed by atoms with E-state index in [9.17, 15) is 9.59 Å². The largest absolute Gasteiger partial charge is 0.352 e. The number of hydrogen-bond acceptors (Lipinski definition) is 4. The summed E-state index contributed by atoms with van der Waals surface area (Å²) in [7, 11) is 0. The Morgan fingerprint density at radius 2 is 1.66 bits per heavy atom. The van der Waals surface area contributed by atoms with Crippen LogP contribution in [0.15, 0.2) is 65.5 Å². The van der Waals surface area contributed by atoms with Gasteiger partial charge in [0.25, 0.3) is 5.56 Å². The molecule has 0 unspecified atom stereocenters. The third-order valence-corrected chi connectivity index (χ3v) is 5.59. The summed E-state index contributed by atoms with van der Waals surface area (Å²) < 4.78 is 2.98. The summed E-state index contributed by atoms with van der Waals surface area (Å²) in [6.07, 6.45) is 1.70. The lowest BCUT2D eigenvalue weighted by atomic mass is 10.1. The molecule has 0 aliphatic carbocycles. The molecule has 0 saturated heterocycles. The molecule has 2 aromatic carbocycles. The molecule has 0 spiro atoms. The molecule has 4 aromatic rings. The second-order valence-corrected chi connectivity index (χ2v) is 8.10. The third kappa shape index (κ3) is 4.46. The Morgan fingerprint density at radius 3 is 2.34 bits per heavy atom. The van der Waals surface area contributed by atoms with Gasteiger partial charge in [-0.15, -0.1) is 0 Å². The van der Waals surface area contributed by atoms with Crippen molar-refractivity contribution >= 4 is 16.8 Å². The van der Waals surface area contributed by atoms with Crippen molar-refractivity contribution < 1.29 is 4.79 Å². The van der Waals surface area contributed by atoms with Gasteiger partial charge in [-0.05, 0) is 51.3 Å². The number of carbonyl (C=O) groups is 1. The highest BCUT2D eigenvalue weighted by atomic mass is 16.2. The molecular weight excluding hydrogens is 402 g/mol. The maximum absolute atomic E-state index is 13.1. The summed E-state index contributed by atoms with van der Waals surface area (Å²) in [4.78, 5) is 25.8. The van der Waals surface area contributed by atoms with Gasteiger partial charge < -0.3 is 5.32 Å². The SMILES string of the molecule is Cc1nn(CC(=O)N[C@H](C)CCc2ccccc2)c(=O)c2c(C)n(-c3ccccc3)nc12. The fraction of sp³-hybridized carbons (Fsp3) is 0.280. The smallest absolute Gasteiger partial charge is 0.278 e. The lowest BCUT2D eigenvalue weighted by Gasteiger charge is -2.14. The number of rotatable bonds is 7. The molecule has 32 heavy (non-hydrogen) atoms. The second-order valence-electron chi connectivity index (χ2n) is 8.10. The second kappa shape index (κ2) is 9.18. The molecule has 0 radical (unpaired) electrons. The van der Waals surface area contributed by atoms with Crippen LogP contribution in [0.25, 0.3) is 16.6 Å². The van der Waals surface area contributed by atoms with Crippen LogP contribution in [0.4, 0.5) is 0 Å². The molecule has 1 atom stereocenters. The molecule has 164 valence electrons. The van der Waals surface area contributed by atoms with Gasteiger partial charge in [0, 0.05) is 6.04 Å². The van der Waals surface area contributed by atoms with E-state index in [1.807, 2.05) is 62.4 Å². The monoisotopic (exact) mass is 429 g/mol.